The largest absolute Gasteiger partial charge is 0.383 e. The van der Waals surface area contributed by atoms with Gasteiger partial charge in [0.15, 0.2) is 5.82 Å². The van der Waals surface area contributed by atoms with Crippen LogP contribution in [0.4, 0.5) is 20.3 Å². The Bertz CT molecular complexity index is 1240. The van der Waals surface area contributed by atoms with Crippen molar-refractivity contribution in [1.82, 2.24) is 15.2 Å². The van der Waals surface area contributed by atoms with Crippen molar-refractivity contribution in [2.45, 2.75) is 63.5 Å². The first-order valence-electron chi connectivity index (χ1n) is 11.8. The molecule has 9 heteroatoms. The van der Waals surface area contributed by atoms with Gasteiger partial charge in [-0.1, -0.05) is 18.2 Å². The van der Waals surface area contributed by atoms with E-state index in [4.69, 9.17) is 9.47 Å². The third-order valence-corrected chi connectivity index (χ3v) is 6.92. The van der Waals surface area contributed by atoms with Crippen LogP contribution < -0.4 is 10.2 Å². The molecule has 34 heavy (non-hydrogen) atoms. The number of hydrogen-bond acceptors (Lipinski definition) is 7. The third-order valence-electron chi connectivity index (χ3n) is 6.92. The van der Waals surface area contributed by atoms with Crippen molar-refractivity contribution in [3.05, 3.63) is 53.3 Å². The number of nitrogens with zero attached hydrogens (tertiary/aromatic N) is 4. The Morgan fingerprint density at radius 3 is 2.82 bits per heavy atom. The zero-order valence-electron chi connectivity index (χ0n) is 19.2. The number of halogens is 2. The van der Waals surface area contributed by atoms with E-state index in [1.807, 2.05) is 26.1 Å². The molecule has 3 fully saturated rings. The number of aromatic nitrogens is 3. The molecule has 3 atom stereocenters. The first kappa shape index (κ1) is 21.6. The second-order valence-corrected chi connectivity index (χ2v) is 9.55. The number of pyridine rings is 1. The Morgan fingerprint density at radius 1 is 1.24 bits per heavy atom. The smallest absolute Gasteiger partial charge is 0.374 e. The maximum atomic E-state index is 14.5. The van der Waals surface area contributed by atoms with Gasteiger partial charge in [0.25, 0.3) is 0 Å². The van der Waals surface area contributed by atoms with Crippen molar-refractivity contribution < 1.29 is 18.3 Å². The summed E-state index contributed by atoms with van der Waals surface area (Å²) in [7, 11) is 0. The summed E-state index contributed by atoms with van der Waals surface area (Å²) in [6, 6.07) is 8.54. The summed E-state index contributed by atoms with van der Waals surface area (Å²) in [5.74, 6) is 0.578. The standard InChI is InChI=1S/C25H27F2N5O2/c1-14(16-4-3-5-17(8-16)25(26,27)34-20-6-7-20)29-24-22-10-18(11-28-23(22)15(2)30-31-24)32-12-21-9-19(32)13-33-21/h3-5,8,10-11,14,19-21H,6-7,9,12-13H2,1-2H3,(H,29,31)/t14-,19?,21?/m1/s1. The molecule has 0 amide bonds. The van der Waals surface area contributed by atoms with E-state index in [1.54, 1.807) is 6.07 Å². The Hall–Kier alpha value is -2.91. The van der Waals surface area contributed by atoms with E-state index >= 15 is 0 Å². The molecule has 1 saturated carbocycles. The Kier molecular flexibility index (Phi) is 5.14. The first-order chi connectivity index (χ1) is 16.4. The molecule has 1 aliphatic carbocycles. The number of ether oxygens (including phenoxy) is 2. The zero-order valence-corrected chi connectivity index (χ0v) is 19.2. The predicted molar refractivity (Wildman–Crippen MR) is 124 cm³/mol. The normalized spacial score (nSPS) is 23.0. The van der Waals surface area contributed by atoms with Gasteiger partial charge in [0.1, 0.15) is 0 Å². The number of aryl methyl sites for hydroxylation is 1. The highest BCUT2D eigenvalue weighted by Crippen LogP contribution is 2.39. The molecule has 2 unspecified atom stereocenters. The number of morpholine rings is 1. The Balaban J connectivity index is 1.29. The van der Waals surface area contributed by atoms with E-state index < -0.39 is 6.11 Å². The van der Waals surface area contributed by atoms with Gasteiger partial charge in [-0.3, -0.25) is 4.98 Å². The summed E-state index contributed by atoms with van der Waals surface area (Å²) < 4.78 is 39.8. The molecule has 2 bridgehead atoms. The lowest BCUT2D eigenvalue weighted by molar-refractivity contribution is -0.255. The first-order valence-corrected chi connectivity index (χ1v) is 11.8. The molecule has 2 aliphatic heterocycles. The van der Waals surface area contributed by atoms with E-state index in [-0.39, 0.29) is 23.8 Å². The van der Waals surface area contributed by atoms with Gasteiger partial charge in [0.05, 0.1) is 59.6 Å². The second kappa shape index (κ2) is 8.09. The van der Waals surface area contributed by atoms with E-state index in [2.05, 4.69) is 31.5 Å². The van der Waals surface area contributed by atoms with Crippen LogP contribution in [0.5, 0.6) is 0 Å². The van der Waals surface area contributed by atoms with Crippen molar-refractivity contribution in [3.63, 3.8) is 0 Å². The lowest BCUT2D eigenvalue weighted by Gasteiger charge is -2.29. The van der Waals surface area contributed by atoms with Gasteiger partial charge in [-0.15, -0.1) is 5.10 Å². The van der Waals surface area contributed by atoms with Crippen LogP contribution in [0.15, 0.2) is 36.5 Å². The number of hydrogen-bond donors (Lipinski definition) is 1. The van der Waals surface area contributed by atoms with Gasteiger partial charge in [-0.2, -0.15) is 13.9 Å². The Morgan fingerprint density at radius 2 is 2.09 bits per heavy atom. The number of alkyl halides is 2. The number of rotatable bonds is 7. The second-order valence-electron chi connectivity index (χ2n) is 9.55. The zero-order chi connectivity index (χ0) is 23.4. The minimum atomic E-state index is -3.30. The van der Waals surface area contributed by atoms with Crippen LogP contribution in [-0.2, 0) is 15.6 Å². The number of benzene rings is 1. The van der Waals surface area contributed by atoms with Gasteiger partial charge in [0, 0.05) is 11.9 Å². The molecule has 0 spiro atoms. The topological polar surface area (TPSA) is 72.4 Å². The van der Waals surface area contributed by atoms with Gasteiger partial charge < -0.3 is 19.7 Å². The maximum Gasteiger partial charge on any atom is 0.383 e. The molecular weight excluding hydrogens is 440 g/mol. The fourth-order valence-electron chi connectivity index (χ4n) is 4.87. The lowest BCUT2D eigenvalue weighted by Crippen LogP contribution is -2.36. The molecule has 2 aromatic heterocycles. The monoisotopic (exact) mass is 467 g/mol. The Labute approximate surface area is 196 Å². The molecule has 2 saturated heterocycles. The summed E-state index contributed by atoms with van der Waals surface area (Å²) in [4.78, 5) is 7.03. The van der Waals surface area contributed by atoms with E-state index in [0.717, 1.165) is 41.9 Å². The SMILES string of the molecule is Cc1nnc(N[C@H](C)c2cccc(C(F)(F)OC3CC3)c2)c2cc(N3CC4CC3CO4)cnc12. The minimum Gasteiger partial charge on any atom is -0.374 e. The van der Waals surface area contributed by atoms with Crippen molar-refractivity contribution in [2.24, 2.45) is 0 Å². The summed E-state index contributed by atoms with van der Waals surface area (Å²) in [6.07, 6.45) is 0.940. The fourth-order valence-corrected chi connectivity index (χ4v) is 4.87. The molecule has 4 heterocycles. The van der Waals surface area contributed by atoms with Gasteiger partial charge in [-0.25, -0.2) is 0 Å². The highest BCUT2D eigenvalue weighted by atomic mass is 19.3. The van der Waals surface area contributed by atoms with Gasteiger partial charge in [-0.05, 0) is 50.8 Å². The molecule has 1 N–H and O–H groups in total. The molecule has 3 aliphatic rings. The highest BCUT2D eigenvalue weighted by molar-refractivity contribution is 5.92. The quantitative estimate of drug-likeness (QED) is 0.539. The summed E-state index contributed by atoms with van der Waals surface area (Å²) in [6.45, 7) is 5.40. The minimum absolute atomic E-state index is 0.138. The molecular formula is C25H27F2N5O2. The van der Waals surface area contributed by atoms with Crippen LogP contribution in [0.1, 0.15) is 49.0 Å². The summed E-state index contributed by atoms with van der Waals surface area (Å²) >= 11 is 0. The lowest BCUT2D eigenvalue weighted by atomic mass is 10.0. The average molecular weight is 468 g/mol. The van der Waals surface area contributed by atoms with Crippen LogP contribution in [0.25, 0.3) is 10.9 Å². The number of fused-ring (bicyclic) bond motifs is 3. The van der Waals surface area contributed by atoms with Crippen LogP contribution in [-0.4, -0.2) is 46.6 Å². The van der Waals surface area contributed by atoms with Crippen molar-refractivity contribution >= 4 is 22.4 Å². The summed E-state index contributed by atoms with van der Waals surface area (Å²) in [5.41, 5.74) is 3.12. The molecule has 6 rings (SSSR count). The molecule has 1 aromatic carbocycles. The van der Waals surface area contributed by atoms with Crippen LogP contribution in [0.2, 0.25) is 0 Å². The van der Waals surface area contributed by atoms with Crippen LogP contribution in [0, 0.1) is 6.92 Å². The molecule has 7 nitrogen and oxygen atoms in total. The average Bonchev–Trinajstić information content (AvgIpc) is 3.37. The molecule has 0 radical (unpaired) electrons. The number of nitrogens with one attached hydrogen (secondary N) is 1. The van der Waals surface area contributed by atoms with Crippen molar-refractivity contribution in [1.29, 1.82) is 0 Å². The van der Waals surface area contributed by atoms with Crippen molar-refractivity contribution in [3.8, 4) is 0 Å². The van der Waals surface area contributed by atoms with E-state index in [1.165, 1.54) is 12.1 Å². The third kappa shape index (κ3) is 3.96. The van der Waals surface area contributed by atoms with Gasteiger partial charge in [0.2, 0.25) is 0 Å². The molecule has 3 aromatic rings. The van der Waals surface area contributed by atoms with E-state index in [9.17, 15) is 8.78 Å². The summed E-state index contributed by atoms with van der Waals surface area (Å²) in [5, 5.41) is 12.9. The highest BCUT2D eigenvalue weighted by Gasteiger charge is 2.40. The van der Waals surface area contributed by atoms with Crippen LogP contribution in [0.3, 0.4) is 0 Å². The number of anilines is 2. The maximum absolute atomic E-state index is 14.5. The van der Waals surface area contributed by atoms with Crippen molar-refractivity contribution in [2.75, 3.05) is 23.4 Å². The predicted octanol–water partition coefficient (Wildman–Crippen LogP) is 4.71. The fraction of sp³-hybridized carbons (Fsp3) is 0.480. The molecule has 178 valence electrons. The van der Waals surface area contributed by atoms with Gasteiger partial charge >= 0.3 is 6.11 Å². The van der Waals surface area contributed by atoms with E-state index in [0.29, 0.717) is 30.3 Å². The van der Waals surface area contributed by atoms with Crippen LogP contribution >= 0.6 is 0 Å².